The fraction of sp³-hybridized carbons (Fsp3) is 0.853. The van der Waals surface area contributed by atoms with Gasteiger partial charge in [-0.2, -0.15) is 0 Å². The van der Waals surface area contributed by atoms with Gasteiger partial charge in [0, 0.05) is 12.3 Å². The highest BCUT2D eigenvalue weighted by Crippen LogP contribution is 2.72. The van der Waals surface area contributed by atoms with E-state index in [4.69, 9.17) is 4.74 Å². The number of hydrogen-bond donors (Lipinski definition) is 0. The minimum Gasteiger partial charge on any atom is -0.462 e. The molecule has 0 aromatic heterocycles. The van der Waals surface area contributed by atoms with Gasteiger partial charge in [-0.25, -0.2) is 0 Å². The van der Waals surface area contributed by atoms with E-state index in [9.17, 15) is 4.79 Å². The van der Waals surface area contributed by atoms with Gasteiger partial charge < -0.3 is 4.74 Å². The van der Waals surface area contributed by atoms with Crippen LogP contribution in [0.3, 0.4) is 0 Å². The van der Waals surface area contributed by atoms with Crippen molar-refractivity contribution in [1.82, 2.24) is 0 Å². The van der Waals surface area contributed by atoms with Gasteiger partial charge in [-0.3, -0.25) is 4.79 Å². The molecule has 4 aliphatic rings. The van der Waals surface area contributed by atoms with Crippen molar-refractivity contribution in [3.05, 3.63) is 22.8 Å². The molecule has 0 bridgehead atoms. The van der Waals surface area contributed by atoms with Crippen LogP contribution in [0.5, 0.6) is 0 Å². The minimum absolute atomic E-state index is 0.0342. The molecule has 0 heterocycles. The van der Waals surface area contributed by atoms with Crippen molar-refractivity contribution in [3.8, 4) is 0 Å². The maximum absolute atomic E-state index is 11.9. The molecule has 2 nitrogen and oxygen atoms in total. The highest BCUT2D eigenvalue weighted by molar-refractivity contribution is 5.66. The van der Waals surface area contributed by atoms with E-state index < -0.39 is 0 Å². The Bertz CT molecular complexity index is 921. The predicted octanol–water partition coefficient (Wildman–Crippen LogP) is 9.69. The second kappa shape index (κ2) is 9.60. The molecule has 0 spiro atoms. The zero-order valence-electron chi connectivity index (χ0n) is 25.4. The topological polar surface area (TPSA) is 26.3 Å². The van der Waals surface area contributed by atoms with Crippen LogP contribution in [0, 0.1) is 45.3 Å². The summed E-state index contributed by atoms with van der Waals surface area (Å²) in [5.41, 5.74) is 6.41. The van der Waals surface area contributed by atoms with Crippen LogP contribution < -0.4 is 0 Å². The molecule has 0 aromatic carbocycles. The van der Waals surface area contributed by atoms with Crippen LogP contribution in [0.15, 0.2) is 22.8 Å². The lowest BCUT2D eigenvalue weighted by atomic mass is 9.43. The smallest absolute Gasteiger partial charge is 0.302 e. The van der Waals surface area contributed by atoms with Crippen molar-refractivity contribution in [3.63, 3.8) is 0 Å². The first-order valence-electron chi connectivity index (χ1n) is 15.3. The average molecular weight is 497 g/mol. The van der Waals surface area contributed by atoms with Crippen LogP contribution >= 0.6 is 0 Å². The normalized spacial score (nSPS) is 41.0. The Labute approximate surface area is 223 Å². The summed E-state index contributed by atoms with van der Waals surface area (Å²) in [6.07, 6.45) is 15.1. The predicted molar refractivity (Wildman–Crippen MR) is 152 cm³/mol. The molecule has 0 radical (unpaired) electrons. The molecule has 0 N–H and O–H groups in total. The first-order valence-corrected chi connectivity index (χ1v) is 15.3. The molecule has 0 amide bonds. The largest absolute Gasteiger partial charge is 0.462 e. The standard InChI is InChI=1S/C34H56O2/c1-11-25(22(2)3)13-12-23(4)26-16-20-34(10)28-14-15-29-31(6,7)30(36-24(5)35)18-19-32(29,8)27(28)17-21-33(26,34)9/h11,22-23,26,29-30H,12-21H2,1-10H3. The second-order valence-corrected chi connectivity index (χ2v) is 14.9. The molecule has 2 fully saturated rings. The highest BCUT2D eigenvalue weighted by atomic mass is 16.5. The van der Waals surface area contributed by atoms with E-state index >= 15 is 0 Å². The van der Waals surface area contributed by atoms with Crippen LogP contribution in [-0.4, -0.2) is 12.1 Å². The van der Waals surface area contributed by atoms with E-state index in [-0.39, 0.29) is 22.9 Å². The molecule has 0 saturated heterocycles. The first-order chi connectivity index (χ1) is 16.7. The fourth-order valence-electron chi connectivity index (χ4n) is 10.4. The van der Waals surface area contributed by atoms with Gasteiger partial charge in [-0.15, -0.1) is 0 Å². The number of allylic oxidation sites excluding steroid dienone is 4. The number of carbonyl (C=O) groups is 1. The zero-order chi connectivity index (χ0) is 26.7. The van der Waals surface area contributed by atoms with Crippen molar-refractivity contribution < 1.29 is 9.53 Å². The highest BCUT2D eigenvalue weighted by Gasteiger charge is 2.63. The lowest BCUT2D eigenvalue weighted by Crippen LogP contribution is -2.55. The van der Waals surface area contributed by atoms with Gasteiger partial charge in [0.1, 0.15) is 6.10 Å². The number of esters is 1. The average Bonchev–Trinajstić information content (AvgIpc) is 3.07. The van der Waals surface area contributed by atoms with Gasteiger partial charge in [0.2, 0.25) is 0 Å². The molecule has 7 atom stereocenters. The molecule has 36 heavy (non-hydrogen) atoms. The number of rotatable bonds is 6. The van der Waals surface area contributed by atoms with E-state index in [1.165, 1.54) is 57.8 Å². The molecule has 7 unspecified atom stereocenters. The van der Waals surface area contributed by atoms with Gasteiger partial charge in [-0.1, -0.05) is 78.2 Å². The molecule has 0 aliphatic heterocycles. The summed E-state index contributed by atoms with van der Waals surface area (Å²) in [5, 5.41) is 0. The van der Waals surface area contributed by atoms with Crippen LogP contribution in [0.1, 0.15) is 133 Å². The number of carbonyl (C=O) groups excluding carboxylic acids is 1. The van der Waals surface area contributed by atoms with Gasteiger partial charge in [0.15, 0.2) is 0 Å². The van der Waals surface area contributed by atoms with Crippen molar-refractivity contribution in [2.45, 2.75) is 140 Å². The van der Waals surface area contributed by atoms with Gasteiger partial charge >= 0.3 is 5.97 Å². The maximum atomic E-state index is 11.9. The van der Waals surface area contributed by atoms with Crippen LogP contribution in [0.4, 0.5) is 0 Å². The molecule has 4 aliphatic carbocycles. The third-order valence-electron chi connectivity index (χ3n) is 12.8. The summed E-state index contributed by atoms with van der Waals surface area (Å²) in [4.78, 5) is 11.9. The summed E-state index contributed by atoms with van der Waals surface area (Å²) in [6.45, 7) is 23.8. The molecule has 2 saturated carbocycles. The van der Waals surface area contributed by atoms with Gasteiger partial charge in [0.05, 0.1) is 0 Å². The Morgan fingerprint density at radius 3 is 2.28 bits per heavy atom. The van der Waals surface area contributed by atoms with Crippen molar-refractivity contribution in [2.75, 3.05) is 0 Å². The van der Waals surface area contributed by atoms with E-state index in [2.05, 4.69) is 68.4 Å². The minimum atomic E-state index is -0.116. The summed E-state index contributed by atoms with van der Waals surface area (Å²) in [7, 11) is 0. The molecule has 2 heteroatoms. The molecular formula is C34H56O2. The van der Waals surface area contributed by atoms with Crippen LogP contribution in [0.2, 0.25) is 0 Å². The monoisotopic (exact) mass is 496 g/mol. The van der Waals surface area contributed by atoms with E-state index in [0.29, 0.717) is 22.7 Å². The second-order valence-electron chi connectivity index (χ2n) is 14.9. The summed E-state index contributed by atoms with van der Waals surface area (Å²) in [6, 6.07) is 0. The summed E-state index contributed by atoms with van der Waals surface area (Å²) in [5.74, 6) is 2.78. The third kappa shape index (κ3) is 4.16. The fourth-order valence-corrected chi connectivity index (χ4v) is 10.4. The number of hydrogen-bond acceptors (Lipinski definition) is 2. The summed E-state index contributed by atoms with van der Waals surface area (Å²) >= 11 is 0. The maximum Gasteiger partial charge on any atom is 0.302 e. The lowest BCUT2D eigenvalue weighted by molar-refractivity contribution is -0.167. The SMILES string of the molecule is CC=C(CCC(C)C1CCC2(C)C3=C(CCC12C)C1(C)CCC(OC(C)=O)C(C)(C)C1CC3)C(C)C. The first kappa shape index (κ1) is 28.0. The Kier molecular flexibility index (Phi) is 7.46. The van der Waals surface area contributed by atoms with E-state index in [1.807, 2.05) is 11.1 Å². The Hall–Kier alpha value is -1.05. The molecule has 0 aromatic rings. The molecule has 204 valence electrons. The Morgan fingerprint density at radius 2 is 1.67 bits per heavy atom. The van der Waals surface area contributed by atoms with Gasteiger partial charge in [0.25, 0.3) is 0 Å². The number of ether oxygens (including phenoxy) is 1. The lowest BCUT2D eigenvalue weighted by Gasteiger charge is -2.62. The van der Waals surface area contributed by atoms with E-state index in [0.717, 1.165) is 18.3 Å². The molecular weight excluding hydrogens is 440 g/mol. The number of fused-ring (bicyclic) bond motifs is 4. The molecule has 4 rings (SSSR count). The third-order valence-corrected chi connectivity index (χ3v) is 12.8. The Balaban J connectivity index is 1.60. The van der Waals surface area contributed by atoms with Crippen molar-refractivity contribution >= 4 is 5.97 Å². The van der Waals surface area contributed by atoms with Crippen molar-refractivity contribution in [2.24, 2.45) is 45.3 Å². The zero-order valence-corrected chi connectivity index (χ0v) is 25.4. The van der Waals surface area contributed by atoms with Crippen LogP contribution in [0.25, 0.3) is 0 Å². The summed E-state index contributed by atoms with van der Waals surface area (Å²) < 4.78 is 5.89. The van der Waals surface area contributed by atoms with Crippen molar-refractivity contribution in [1.29, 1.82) is 0 Å². The van der Waals surface area contributed by atoms with Crippen LogP contribution in [-0.2, 0) is 9.53 Å². The quantitative estimate of drug-likeness (QED) is 0.270. The Morgan fingerprint density at radius 1 is 0.972 bits per heavy atom. The van der Waals surface area contributed by atoms with E-state index in [1.54, 1.807) is 12.5 Å². The van der Waals surface area contributed by atoms with Gasteiger partial charge in [-0.05, 0) is 111 Å².